The van der Waals surface area contributed by atoms with E-state index in [4.69, 9.17) is 4.74 Å². The van der Waals surface area contributed by atoms with Gasteiger partial charge in [-0.3, -0.25) is 9.59 Å². The Kier molecular flexibility index (Phi) is 4.01. The molecule has 2 heterocycles. The van der Waals surface area contributed by atoms with Gasteiger partial charge in [0, 0.05) is 38.6 Å². The lowest BCUT2D eigenvalue weighted by molar-refractivity contribution is 0.122. The summed E-state index contributed by atoms with van der Waals surface area (Å²) in [5.41, 5.74) is 0.214. The lowest BCUT2D eigenvalue weighted by Crippen LogP contribution is -2.47. The van der Waals surface area contributed by atoms with Crippen molar-refractivity contribution < 1.29 is 4.74 Å². The second-order valence-electron chi connectivity index (χ2n) is 5.06. The average Bonchev–Trinajstić information content (AvgIpc) is 3.03. The number of nitrogens with zero attached hydrogens (tertiary/aromatic N) is 3. The Balaban J connectivity index is 1.56. The van der Waals surface area contributed by atoms with Gasteiger partial charge < -0.3 is 19.5 Å². The fraction of sp³-hybridized carbons (Fsp3) is 0.500. The first kappa shape index (κ1) is 13.8. The molecule has 7 nitrogen and oxygen atoms in total. The Hall–Kier alpha value is -2.15. The smallest absolute Gasteiger partial charge is 0.253 e. The first-order valence-corrected chi connectivity index (χ1v) is 7.13. The van der Waals surface area contributed by atoms with E-state index in [-0.39, 0.29) is 5.43 Å². The number of rotatable bonds is 6. The van der Waals surface area contributed by atoms with Gasteiger partial charge in [0.1, 0.15) is 11.4 Å². The van der Waals surface area contributed by atoms with Crippen LogP contribution in [0.15, 0.2) is 28.3 Å². The van der Waals surface area contributed by atoms with Crippen LogP contribution >= 0.6 is 0 Å². The number of nitrogens with one attached hydrogen (secondary N) is 1. The summed E-state index contributed by atoms with van der Waals surface area (Å²) in [5.74, 6) is 0. The molecule has 1 aromatic heterocycles. The van der Waals surface area contributed by atoms with Crippen molar-refractivity contribution in [1.29, 1.82) is 0 Å². The summed E-state index contributed by atoms with van der Waals surface area (Å²) >= 11 is 0. The molecule has 0 atom stereocenters. The van der Waals surface area contributed by atoms with Crippen molar-refractivity contribution in [3.63, 3.8) is 0 Å². The molecule has 0 spiro atoms. The Labute approximate surface area is 121 Å². The highest BCUT2D eigenvalue weighted by Crippen LogP contribution is 2.20. The first-order valence-electron chi connectivity index (χ1n) is 7.13. The Morgan fingerprint density at radius 1 is 1.24 bits per heavy atom. The summed E-state index contributed by atoms with van der Waals surface area (Å²) in [5, 5.41) is 3.10. The summed E-state index contributed by atoms with van der Waals surface area (Å²) in [7, 11) is 0. The topological polar surface area (TPSA) is 76.5 Å². The van der Waals surface area contributed by atoms with Crippen molar-refractivity contribution in [3.8, 4) is 0 Å². The molecule has 0 saturated carbocycles. The highest BCUT2D eigenvalue weighted by molar-refractivity contribution is 5.75. The quantitative estimate of drug-likeness (QED) is 0.587. The summed E-state index contributed by atoms with van der Waals surface area (Å²) < 4.78 is 7.24. The molecule has 21 heavy (non-hydrogen) atoms. The third-order valence-electron chi connectivity index (χ3n) is 3.67. The van der Waals surface area contributed by atoms with Crippen LogP contribution in [0, 0.1) is 0 Å². The molecule has 1 N–H and O–H groups in total. The lowest BCUT2D eigenvalue weighted by Gasteiger charge is -2.30. The largest absolute Gasteiger partial charge is 0.380 e. The summed E-state index contributed by atoms with van der Waals surface area (Å²) in [6.07, 6.45) is 6.26. The normalized spacial score (nSPS) is 15.5. The van der Waals surface area contributed by atoms with Crippen LogP contribution in [0.25, 0.3) is 0 Å². The van der Waals surface area contributed by atoms with E-state index in [1.807, 2.05) is 15.7 Å². The van der Waals surface area contributed by atoms with Gasteiger partial charge >= 0.3 is 0 Å². The van der Waals surface area contributed by atoms with E-state index >= 15 is 0 Å². The predicted molar refractivity (Wildman–Crippen MR) is 79.7 cm³/mol. The van der Waals surface area contributed by atoms with Crippen LogP contribution in [0.5, 0.6) is 0 Å². The molecule has 0 bridgehead atoms. The van der Waals surface area contributed by atoms with Crippen molar-refractivity contribution in [2.24, 2.45) is 0 Å². The molecule has 3 rings (SSSR count). The van der Waals surface area contributed by atoms with Gasteiger partial charge in [-0.2, -0.15) is 0 Å². The average molecular weight is 290 g/mol. The van der Waals surface area contributed by atoms with Gasteiger partial charge in [-0.1, -0.05) is 0 Å². The SMILES string of the molecule is O=c1c(NCCCn2ccnc2)c(N2CCOCC2)c1=O. The third-order valence-corrected chi connectivity index (χ3v) is 3.67. The molecule has 112 valence electrons. The fourth-order valence-corrected chi connectivity index (χ4v) is 2.53. The van der Waals surface area contributed by atoms with Gasteiger partial charge in [0.25, 0.3) is 10.9 Å². The zero-order valence-electron chi connectivity index (χ0n) is 11.7. The van der Waals surface area contributed by atoms with Crippen LogP contribution in [-0.4, -0.2) is 42.4 Å². The molecule has 2 aromatic rings. The molecule has 0 radical (unpaired) electrons. The van der Waals surface area contributed by atoms with Crippen LogP contribution in [0.4, 0.5) is 11.4 Å². The van der Waals surface area contributed by atoms with Crippen molar-refractivity contribution in [2.45, 2.75) is 13.0 Å². The summed E-state index contributed by atoms with van der Waals surface area (Å²) in [6.45, 7) is 4.00. The van der Waals surface area contributed by atoms with Crippen LogP contribution < -0.4 is 21.1 Å². The number of aryl methyl sites for hydroxylation is 1. The van der Waals surface area contributed by atoms with Gasteiger partial charge in [0.05, 0.1) is 19.5 Å². The molecule has 1 aliphatic heterocycles. The Bertz CT molecular complexity index is 652. The first-order chi connectivity index (χ1) is 10.3. The zero-order chi connectivity index (χ0) is 14.7. The maximum Gasteiger partial charge on any atom is 0.253 e. The molecular weight excluding hydrogens is 272 g/mol. The number of ether oxygens (including phenoxy) is 1. The van der Waals surface area contributed by atoms with E-state index in [9.17, 15) is 9.59 Å². The molecule has 1 fully saturated rings. The number of morpholine rings is 1. The van der Waals surface area contributed by atoms with Crippen LogP contribution in [0.1, 0.15) is 6.42 Å². The van der Waals surface area contributed by atoms with Crippen molar-refractivity contribution in [1.82, 2.24) is 9.55 Å². The minimum Gasteiger partial charge on any atom is -0.380 e. The highest BCUT2D eigenvalue weighted by Gasteiger charge is 2.26. The van der Waals surface area contributed by atoms with Gasteiger partial charge in [0.15, 0.2) is 0 Å². The number of hydrogen-bond acceptors (Lipinski definition) is 6. The third kappa shape index (κ3) is 2.82. The van der Waals surface area contributed by atoms with Crippen LogP contribution in [0.2, 0.25) is 0 Å². The molecule has 1 aliphatic rings. The van der Waals surface area contributed by atoms with E-state index in [2.05, 4.69) is 10.3 Å². The Morgan fingerprint density at radius 2 is 2.05 bits per heavy atom. The van der Waals surface area contributed by atoms with E-state index in [1.165, 1.54) is 0 Å². The van der Waals surface area contributed by atoms with E-state index < -0.39 is 5.43 Å². The van der Waals surface area contributed by atoms with Gasteiger partial charge in [0.2, 0.25) is 0 Å². The van der Waals surface area contributed by atoms with Crippen molar-refractivity contribution in [2.75, 3.05) is 43.1 Å². The molecule has 0 unspecified atom stereocenters. The standard InChI is InChI=1S/C14H18N4O3/c19-13-11(16-2-1-4-17-5-3-15-10-17)12(14(13)20)18-6-8-21-9-7-18/h3,5,10,16H,1-2,4,6-9H2. The van der Waals surface area contributed by atoms with Gasteiger partial charge in [-0.05, 0) is 6.42 Å². The molecule has 1 saturated heterocycles. The van der Waals surface area contributed by atoms with Crippen LogP contribution in [0.3, 0.4) is 0 Å². The molecular formula is C14H18N4O3. The monoisotopic (exact) mass is 290 g/mol. The predicted octanol–water partition coefficient (Wildman–Crippen LogP) is -0.182. The number of imidazole rings is 1. The van der Waals surface area contributed by atoms with Gasteiger partial charge in [-0.25, -0.2) is 4.98 Å². The maximum atomic E-state index is 11.7. The van der Waals surface area contributed by atoms with E-state index in [0.29, 0.717) is 44.2 Å². The molecule has 0 aliphatic carbocycles. The molecule has 0 amide bonds. The maximum absolute atomic E-state index is 11.7. The lowest BCUT2D eigenvalue weighted by atomic mass is 10.1. The minimum atomic E-state index is -0.404. The van der Waals surface area contributed by atoms with E-state index in [1.54, 1.807) is 12.5 Å². The zero-order valence-corrected chi connectivity index (χ0v) is 11.7. The Morgan fingerprint density at radius 3 is 2.76 bits per heavy atom. The van der Waals surface area contributed by atoms with Crippen molar-refractivity contribution in [3.05, 3.63) is 39.2 Å². The van der Waals surface area contributed by atoms with Gasteiger partial charge in [-0.15, -0.1) is 0 Å². The molecule has 1 aromatic carbocycles. The summed E-state index contributed by atoms with van der Waals surface area (Å²) in [6, 6.07) is 0. The fourth-order valence-electron chi connectivity index (χ4n) is 2.53. The molecule has 7 heteroatoms. The number of hydrogen-bond donors (Lipinski definition) is 1. The van der Waals surface area contributed by atoms with E-state index in [0.717, 1.165) is 13.0 Å². The van der Waals surface area contributed by atoms with Crippen LogP contribution in [-0.2, 0) is 11.3 Å². The van der Waals surface area contributed by atoms with Crippen molar-refractivity contribution >= 4 is 11.4 Å². The number of aromatic nitrogens is 2. The second kappa shape index (κ2) is 6.09. The summed E-state index contributed by atoms with van der Waals surface area (Å²) in [4.78, 5) is 29.4. The highest BCUT2D eigenvalue weighted by atomic mass is 16.5. The minimum absolute atomic E-state index is 0.381. The second-order valence-corrected chi connectivity index (χ2v) is 5.06. The number of anilines is 2.